The second-order valence-electron chi connectivity index (χ2n) is 6.24. The van der Waals surface area contributed by atoms with Gasteiger partial charge in [-0.1, -0.05) is 6.92 Å². The van der Waals surface area contributed by atoms with E-state index in [4.69, 9.17) is 9.47 Å². The molecule has 0 aromatic heterocycles. The van der Waals surface area contributed by atoms with Crippen LogP contribution < -0.4 is 14.4 Å². The van der Waals surface area contributed by atoms with Crippen LogP contribution in [0.1, 0.15) is 48.5 Å². The Hall–Kier alpha value is -1.55. The Morgan fingerprint density at radius 1 is 1.09 bits per heavy atom. The third-order valence-corrected chi connectivity index (χ3v) is 4.72. The second-order valence-corrected chi connectivity index (χ2v) is 6.24. The number of Topliss-reactive ketones (excluding diaryl/α,β-unsaturated/α-hetero) is 1. The van der Waals surface area contributed by atoms with Gasteiger partial charge in [-0.2, -0.15) is 0 Å². The Kier molecular flexibility index (Phi) is 4.98. The Balaban J connectivity index is 1.70. The smallest absolute Gasteiger partial charge is 0.168 e. The third kappa shape index (κ3) is 3.43. The number of piperidine rings is 1. The summed E-state index contributed by atoms with van der Waals surface area (Å²) in [5, 5.41) is 0. The molecule has 0 saturated carbocycles. The van der Waals surface area contributed by atoms with Crippen molar-refractivity contribution in [3.05, 3.63) is 23.3 Å². The molecule has 0 radical (unpaired) electrons. The van der Waals surface area contributed by atoms with E-state index in [2.05, 4.69) is 6.92 Å². The number of ether oxygens (including phenoxy) is 2. The summed E-state index contributed by atoms with van der Waals surface area (Å²) in [6.07, 6.45) is 5.41. The number of carbonyl (C=O) groups excluding carboxylic acids is 1. The zero-order valence-electron chi connectivity index (χ0n) is 13.5. The molecule has 0 amide bonds. The summed E-state index contributed by atoms with van der Waals surface area (Å²) in [6, 6.07) is 3.87. The van der Waals surface area contributed by atoms with Gasteiger partial charge < -0.3 is 14.4 Å². The first-order chi connectivity index (χ1) is 10.8. The van der Waals surface area contributed by atoms with Gasteiger partial charge in [-0.3, -0.25) is 4.79 Å². The molecule has 4 nitrogen and oxygen atoms in total. The first kappa shape index (κ1) is 15.3. The van der Waals surface area contributed by atoms with Crippen LogP contribution in [0, 0.1) is 0 Å². The fourth-order valence-electron chi connectivity index (χ4n) is 3.41. The number of benzene rings is 1. The van der Waals surface area contributed by atoms with Gasteiger partial charge in [0.15, 0.2) is 17.3 Å². The number of ketones is 1. The van der Waals surface area contributed by atoms with Crippen molar-refractivity contribution in [2.75, 3.05) is 32.8 Å². The highest BCUT2D eigenvalue weighted by atomic mass is 16.6. The predicted molar refractivity (Wildman–Crippen MR) is 85.2 cm³/mol. The number of quaternary nitrogens is 1. The average Bonchev–Trinajstić information content (AvgIpc) is 2.59. The maximum Gasteiger partial charge on any atom is 0.168 e. The van der Waals surface area contributed by atoms with Crippen molar-refractivity contribution >= 4 is 5.78 Å². The summed E-state index contributed by atoms with van der Waals surface area (Å²) in [5.74, 6) is 1.74. The lowest BCUT2D eigenvalue weighted by atomic mass is 9.98. The zero-order valence-corrected chi connectivity index (χ0v) is 13.5. The number of aryl methyl sites for hydroxylation is 1. The highest BCUT2D eigenvalue weighted by molar-refractivity contribution is 5.98. The van der Waals surface area contributed by atoms with Crippen LogP contribution in [0.25, 0.3) is 0 Å². The van der Waals surface area contributed by atoms with Crippen molar-refractivity contribution in [2.24, 2.45) is 0 Å². The van der Waals surface area contributed by atoms with Gasteiger partial charge in [-0.15, -0.1) is 0 Å². The van der Waals surface area contributed by atoms with Crippen molar-refractivity contribution in [1.82, 2.24) is 0 Å². The van der Waals surface area contributed by atoms with Gasteiger partial charge >= 0.3 is 0 Å². The predicted octanol–water partition coefficient (Wildman–Crippen LogP) is 1.66. The lowest BCUT2D eigenvalue weighted by Gasteiger charge is -2.23. The molecule has 2 aliphatic rings. The molecule has 3 rings (SSSR count). The second kappa shape index (κ2) is 7.14. The van der Waals surface area contributed by atoms with Crippen molar-refractivity contribution in [3.63, 3.8) is 0 Å². The van der Waals surface area contributed by atoms with Crippen molar-refractivity contribution in [3.8, 4) is 11.5 Å². The van der Waals surface area contributed by atoms with E-state index in [9.17, 15) is 4.79 Å². The largest absolute Gasteiger partial charge is 0.486 e. The normalized spacial score (nSPS) is 18.2. The number of rotatable bonds is 5. The number of fused-ring (bicyclic) bond motifs is 1. The third-order valence-electron chi connectivity index (χ3n) is 4.72. The standard InChI is InChI=1S/C18H25NO3/c1-2-14-12-17-18(22-11-10-21-17)13-15(14)16(20)6-9-19-7-4-3-5-8-19/h12-13H,2-11H2,1H3/p+1. The molecule has 1 aromatic carbocycles. The molecule has 1 saturated heterocycles. The van der Waals surface area contributed by atoms with Crippen LogP contribution in [-0.2, 0) is 6.42 Å². The zero-order chi connectivity index (χ0) is 15.4. The molecule has 0 atom stereocenters. The van der Waals surface area contributed by atoms with Gasteiger partial charge in [0.1, 0.15) is 13.2 Å². The maximum atomic E-state index is 12.6. The minimum atomic E-state index is 0.242. The summed E-state index contributed by atoms with van der Waals surface area (Å²) < 4.78 is 11.2. The van der Waals surface area contributed by atoms with Crippen LogP contribution in [0.3, 0.4) is 0 Å². The molecular formula is C18H26NO3+. The Bertz CT molecular complexity index is 535. The van der Waals surface area contributed by atoms with Gasteiger partial charge in [0.05, 0.1) is 26.1 Å². The number of likely N-dealkylation sites (tertiary alicyclic amines) is 1. The molecule has 0 aliphatic carbocycles. The molecule has 1 aromatic rings. The fourth-order valence-corrected chi connectivity index (χ4v) is 3.41. The molecule has 0 spiro atoms. The SMILES string of the molecule is CCc1cc2c(cc1C(=O)CC[NH+]1CCCCC1)OCCO2. The molecule has 2 aliphatic heterocycles. The van der Waals surface area contributed by atoms with E-state index in [-0.39, 0.29) is 5.78 Å². The molecule has 0 bridgehead atoms. The number of nitrogens with one attached hydrogen (secondary N) is 1. The first-order valence-corrected chi connectivity index (χ1v) is 8.57. The molecular weight excluding hydrogens is 278 g/mol. The van der Waals surface area contributed by atoms with Crippen LogP contribution in [0.5, 0.6) is 11.5 Å². The van der Waals surface area contributed by atoms with E-state index in [0.717, 1.165) is 35.6 Å². The Morgan fingerprint density at radius 3 is 2.45 bits per heavy atom. The van der Waals surface area contributed by atoms with Gasteiger partial charge in [0, 0.05) is 5.56 Å². The number of carbonyl (C=O) groups is 1. The van der Waals surface area contributed by atoms with E-state index in [1.54, 1.807) is 4.90 Å². The molecule has 120 valence electrons. The van der Waals surface area contributed by atoms with Crippen molar-refractivity contribution < 1.29 is 19.2 Å². The van der Waals surface area contributed by atoms with Gasteiger partial charge in [-0.25, -0.2) is 0 Å². The van der Waals surface area contributed by atoms with E-state index >= 15 is 0 Å². The average molecular weight is 304 g/mol. The summed E-state index contributed by atoms with van der Waals surface area (Å²) in [4.78, 5) is 14.2. The van der Waals surface area contributed by atoms with Gasteiger partial charge in [-0.05, 0) is 43.4 Å². The van der Waals surface area contributed by atoms with Crippen LogP contribution in [-0.4, -0.2) is 38.6 Å². The maximum absolute atomic E-state index is 12.6. The van der Waals surface area contributed by atoms with Gasteiger partial charge in [0.2, 0.25) is 0 Å². The summed E-state index contributed by atoms with van der Waals surface area (Å²) in [6.45, 7) is 6.62. The summed E-state index contributed by atoms with van der Waals surface area (Å²) in [5.41, 5.74) is 1.89. The van der Waals surface area contributed by atoms with E-state index in [1.807, 2.05) is 12.1 Å². The lowest BCUT2D eigenvalue weighted by Crippen LogP contribution is -3.12. The van der Waals surface area contributed by atoms with Crippen molar-refractivity contribution in [1.29, 1.82) is 0 Å². The van der Waals surface area contributed by atoms with E-state index in [1.165, 1.54) is 32.4 Å². The molecule has 4 heteroatoms. The Labute approximate surface area is 132 Å². The lowest BCUT2D eigenvalue weighted by molar-refractivity contribution is -0.904. The van der Waals surface area contributed by atoms with Crippen LogP contribution >= 0.6 is 0 Å². The minimum Gasteiger partial charge on any atom is -0.486 e. The van der Waals surface area contributed by atoms with Gasteiger partial charge in [0.25, 0.3) is 0 Å². The fraction of sp³-hybridized carbons (Fsp3) is 0.611. The molecule has 22 heavy (non-hydrogen) atoms. The number of hydrogen-bond donors (Lipinski definition) is 1. The topological polar surface area (TPSA) is 40.0 Å². The van der Waals surface area contributed by atoms with Crippen LogP contribution in [0.15, 0.2) is 12.1 Å². The quantitative estimate of drug-likeness (QED) is 0.841. The van der Waals surface area contributed by atoms with E-state index < -0.39 is 0 Å². The Morgan fingerprint density at radius 2 is 1.77 bits per heavy atom. The summed E-state index contributed by atoms with van der Waals surface area (Å²) >= 11 is 0. The summed E-state index contributed by atoms with van der Waals surface area (Å²) in [7, 11) is 0. The van der Waals surface area contributed by atoms with Crippen molar-refractivity contribution in [2.45, 2.75) is 39.0 Å². The minimum absolute atomic E-state index is 0.242. The van der Waals surface area contributed by atoms with E-state index in [0.29, 0.717) is 19.6 Å². The van der Waals surface area contributed by atoms with Crippen LogP contribution in [0.2, 0.25) is 0 Å². The molecule has 0 unspecified atom stereocenters. The number of hydrogen-bond acceptors (Lipinski definition) is 3. The first-order valence-electron chi connectivity index (χ1n) is 8.57. The molecule has 1 fully saturated rings. The van der Waals surface area contributed by atoms with Crippen LogP contribution in [0.4, 0.5) is 0 Å². The molecule has 2 heterocycles. The monoisotopic (exact) mass is 304 g/mol. The molecule has 1 N–H and O–H groups in total. The highest BCUT2D eigenvalue weighted by Crippen LogP contribution is 2.33. The highest BCUT2D eigenvalue weighted by Gasteiger charge is 2.21.